The zero-order valence-electron chi connectivity index (χ0n) is 16.3. The van der Waals surface area contributed by atoms with Gasteiger partial charge in [0, 0.05) is 34.3 Å². The lowest BCUT2D eigenvalue weighted by Crippen LogP contribution is -2.25. The van der Waals surface area contributed by atoms with Crippen LogP contribution in [0.3, 0.4) is 0 Å². The van der Waals surface area contributed by atoms with Crippen LogP contribution in [0.2, 0.25) is 0 Å². The van der Waals surface area contributed by atoms with Crippen LogP contribution in [-0.2, 0) is 10.0 Å². The minimum Gasteiger partial charge on any atom is -0.358 e. The van der Waals surface area contributed by atoms with Gasteiger partial charge in [0.15, 0.2) is 17.5 Å². The van der Waals surface area contributed by atoms with Gasteiger partial charge in [0.25, 0.3) is 0 Å². The molecule has 1 unspecified atom stereocenters. The van der Waals surface area contributed by atoms with Gasteiger partial charge in [0.05, 0.1) is 17.5 Å². The van der Waals surface area contributed by atoms with Gasteiger partial charge in [-0.3, -0.25) is 13.9 Å². The van der Waals surface area contributed by atoms with Gasteiger partial charge in [-0.2, -0.15) is 5.26 Å². The normalized spacial score (nSPS) is 16.3. The van der Waals surface area contributed by atoms with Crippen LogP contribution in [-0.4, -0.2) is 37.3 Å². The third kappa shape index (κ3) is 3.27. The summed E-state index contributed by atoms with van der Waals surface area (Å²) in [5.41, 5.74) is 2.36. The first-order valence-corrected chi connectivity index (χ1v) is 11.1. The van der Waals surface area contributed by atoms with E-state index >= 15 is 0 Å². The van der Waals surface area contributed by atoms with Crippen molar-refractivity contribution in [2.75, 3.05) is 16.6 Å². The van der Waals surface area contributed by atoms with Crippen molar-refractivity contribution in [3.63, 3.8) is 0 Å². The largest absolute Gasteiger partial charge is 0.358 e. The van der Waals surface area contributed by atoms with E-state index in [0.717, 1.165) is 5.52 Å². The van der Waals surface area contributed by atoms with Crippen molar-refractivity contribution in [3.05, 3.63) is 65.4 Å². The van der Waals surface area contributed by atoms with Gasteiger partial charge in [-0.25, -0.2) is 8.42 Å². The maximum absolute atomic E-state index is 13.1. The lowest BCUT2D eigenvalue weighted by molar-refractivity contribution is 0.0846. The number of aryl methyl sites for hydroxylation is 1. The molecule has 1 aliphatic rings. The Morgan fingerprint density at radius 1 is 1.10 bits per heavy atom. The standard InChI is InChI=1S/C22H19N3O4S/c1-14-20(17-5-2-3-6-19(17)24-14)22(27)18(13-23)21(26)15-7-9-16(10-8-15)25-11-4-12-30(25,28)29/h2-3,5-10,18,24H,4,11-12H2,1H3. The van der Waals surface area contributed by atoms with E-state index in [1.54, 1.807) is 19.1 Å². The molecule has 30 heavy (non-hydrogen) atoms. The number of nitrogens with one attached hydrogen (secondary N) is 1. The quantitative estimate of drug-likeness (QED) is 0.502. The number of benzene rings is 2. The van der Waals surface area contributed by atoms with Crippen molar-refractivity contribution < 1.29 is 18.0 Å². The summed E-state index contributed by atoms with van der Waals surface area (Å²) < 4.78 is 25.4. The molecule has 0 bridgehead atoms. The summed E-state index contributed by atoms with van der Waals surface area (Å²) >= 11 is 0. The summed E-state index contributed by atoms with van der Waals surface area (Å²) in [6, 6.07) is 15.1. The zero-order chi connectivity index (χ0) is 21.5. The van der Waals surface area contributed by atoms with Gasteiger partial charge in [-0.15, -0.1) is 0 Å². The number of ketones is 2. The number of hydrogen-bond donors (Lipinski definition) is 1. The lowest BCUT2D eigenvalue weighted by atomic mass is 9.90. The first kappa shape index (κ1) is 19.9. The molecule has 2 heterocycles. The predicted molar refractivity (Wildman–Crippen MR) is 113 cm³/mol. The monoisotopic (exact) mass is 421 g/mol. The van der Waals surface area contributed by atoms with Gasteiger partial charge >= 0.3 is 0 Å². The maximum Gasteiger partial charge on any atom is 0.235 e. The number of Topliss-reactive ketones (excluding diaryl/α,β-unsaturated/α-hetero) is 2. The average Bonchev–Trinajstić information content (AvgIpc) is 3.26. The molecule has 1 N–H and O–H groups in total. The lowest BCUT2D eigenvalue weighted by Gasteiger charge is -2.17. The number of carbonyl (C=O) groups is 2. The van der Waals surface area contributed by atoms with E-state index in [1.807, 2.05) is 18.2 Å². The number of sulfonamides is 1. The Labute approximate surface area is 174 Å². The topological polar surface area (TPSA) is 111 Å². The van der Waals surface area contributed by atoms with Gasteiger partial charge in [-0.05, 0) is 43.7 Å². The molecule has 0 aliphatic carbocycles. The minimum absolute atomic E-state index is 0.0999. The summed E-state index contributed by atoms with van der Waals surface area (Å²) in [6.45, 7) is 2.13. The molecule has 4 rings (SSSR count). The molecule has 0 amide bonds. The Bertz CT molecular complexity index is 1300. The molecule has 1 fully saturated rings. The van der Waals surface area contributed by atoms with Crippen LogP contribution >= 0.6 is 0 Å². The molecular weight excluding hydrogens is 402 g/mol. The Kier molecular flexibility index (Phi) is 4.92. The number of H-pyrrole nitrogens is 1. The number of hydrogen-bond acceptors (Lipinski definition) is 5. The Morgan fingerprint density at radius 3 is 2.43 bits per heavy atom. The number of aromatic amines is 1. The zero-order valence-corrected chi connectivity index (χ0v) is 17.1. The molecule has 1 saturated heterocycles. The van der Waals surface area contributed by atoms with Crippen LogP contribution in [0, 0.1) is 24.2 Å². The van der Waals surface area contributed by atoms with Gasteiger partial charge in [0.1, 0.15) is 0 Å². The van der Waals surface area contributed by atoms with Crippen LogP contribution < -0.4 is 4.31 Å². The second-order valence-corrected chi connectivity index (χ2v) is 9.26. The number of anilines is 1. The highest BCUT2D eigenvalue weighted by atomic mass is 32.2. The molecule has 1 aromatic heterocycles. The summed E-state index contributed by atoms with van der Waals surface area (Å²) in [7, 11) is -3.32. The Balaban J connectivity index is 1.64. The molecule has 1 aliphatic heterocycles. The van der Waals surface area contributed by atoms with Gasteiger partial charge in [-0.1, -0.05) is 18.2 Å². The molecular formula is C22H19N3O4S. The fraction of sp³-hybridized carbons (Fsp3) is 0.227. The minimum atomic E-state index is -3.32. The Morgan fingerprint density at radius 2 is 1.80 bits per heavy atom. The van der Waals surface area contributed by atoms with E-state index in [0.29, 0.717) is 35.3 Å². The smallest absolute Gasteiger partial charge is 0.235 e. The van der Waals surface area contributed by atoms with Crippen LogP contribution in [0.5, 0.6) is 0 Å². The summed E-state index contributed by atoms with van der Waals surface area (Å²) in [5, 5.41) is 10.3. The molecule has 0 radical (unpaired) electrons. The van der Waals surface area contributed by atoms with Crippen molar-refractivity contribution in [3.8, 4) is 6.07 Å². The summed E-state index contributed by atoms with van der Waals surface area (Å²) in [6.07, 6.45) is 0.554. The number of aromatic nitrogens is 1. The highest BCUT2D eigenvalue weighted by Crippen LogP contribution is 2.27. The van der Waals surface area contributed by atoms with Crippen molar-refractivity contribution >= 4 is 38.2 Å². The number of fused-ring (bicyclic) bond motifs is 1. The number of nitriles is 1. The fourth-order valence-corrected chi connectivity index (χ4v) is 5.43. The molecule has 152 valence electrons. The van der Waals surface area contributed by atoms with Gasteiger partial charge in [0.2, 0.25) is 10.0 Å². The summed E-state index contributed by atoms with van der Waals surface area (Å²) in [4.78, 5) is 29.1. The van der Waals surface area contributed by atoms with Crippen molar-refractivity contribution in [1.29, 1.82) is 5.26 Å². The molecule has 8 heteroatoms. The first-order valence-electron chi connectivity index (χ1n) is 9.49. The van der Waals surface area contributed by atoms with Crippen LogP contribution in [0.25, 0.3) is 10.9 Å². The molecule has 0 spiro atoms. The second kappa shape index (κ2) is 7.43. The van der Waals surface area contributed by atoms with Crippen LogP contribution in [0.4, 0.5) is 5.69 Å². The second-order valence-electron chi connectivity index (χ2n) is 7.25. The molecule has 1 atom stereocenters. The number of para-hydroxylation sites is 1. The van der Waals surface area contributed by atoms with E-state index in [-0.39, 0.29) is 11.3 Å². The highest BCUT2D eigenvalue weighted by Gasteiger charge is 2.32. The summed E-state index contributed by atoms with van der Waals surface area (Å²) in [5.74, 6) is -2.54. The van der Waals surface area contributed by atoms with E-state index in [9.17, 15) is 23.3 Å². The van der Waals surface area contributed by atoms with Crippen LogP contribution in [0.15, 0.2) is 48.5 Å². The number of nitrogens with zero attached hydrogens (tertiary/aromatic N) is 2. The van der Waals surface area contributed by atoms with E-state index in [1.165, 1.54) is 28.6 Å². The highest BCUT2D eigenvalue weighted by molar-refractivity contribution is 7.93. The maximum atomic E-state index is 13.1. The predicted octanol–water partition coefficient (Wildman–Crippen LogP) is 3.22. The third-order valence-corrected chi connectivity index (χ3v) is 7.20. The van der Waals surface area contributed by atoms with E-state index in [2.05, 4.69) is 4.98 Å². The number of rotatable bonds is 5. The van der Waals surface area contributed by atoms with E-state index in [4.69, 9.17) is 0 Å². The van der Waals surface area contributed by atoms with Crippen molar-refractivity contribution in [1.82, 2.24) is 4.98 Å². The molecule has 7 nitrogen and oxygen atoms in total. The third-order valence-electron chi connectivity index (χ3n) is 5.33. The molecule has 3 aromatic rings. The average molecular weight is 421 g/mol. The van der Waals surface area contributed by atoms with Gasteiger partial charge < -0.3 is 4.98 Å². The molecule has 0 saturated carbocycles. The molecule has 2 aromatic carbocycles. The van der Waals surface area contributed by atoms with Crippen molar-refractivity contribution in [2.24, 2.45) is 5.92 Å². The SMILES string of the molecule is Cc1[nH]c2ccccc2c1C(=O)C(C#N)C(=O)c1ccc(N2CCCS2(=O)=O)cc1. The van der Waals surface area contributed by atoms with Crippen molar-refractivity contribution in [2.45, 2.75) is 13.3 Å². The van der Waals surface area contributed by atoms with Crippen LogP contribution in [0.1, 0.15) is 32.8 Å². The first-order chi connectivity index (χ1) is 14.3. The number of carbonyl (C=O) groups excluding carboxylic acids is 2. The fourth-order valence-electron chi connectivity index (χ4n) is 3.86. The Hall–Kier alpha value is -3.44. The van der Waals surface area contributed by atoms with E-state index < -0.39 is 27.5 Å².